The van der Waals surface area contributed by atoms with E-state index in [0.717, 1.165) is 26.3 Å². The Morgan fingerprint density at radius 3 is 3.23 bits per heavy atom. The van der Waals surface area contributed by atoms with Gasteiger partial charge in [0.2, 0.25) is 0 Å². The van der Waals surface area contributed by atoms with E-state index >= 15 is 0 Å². The van der Waals surface area contributed by atoms with Gasteiger partial charge >= 0.3 is 0 Å². The van der Waals surface area contributed by atoms with Gasteiger partial charge in [0.05, 0.1) is 19.3 Å². The predicted octanol–water partition coefficient (Wildman–Crippen LogP) is 0.466. The Kier molecular flexibility index (Phi) is 4.21. The van der Waals surface area contributed by atoms with E-state index in [4.69, 9.17) is 4.74 Å². The van der Waals surface area contributed by atoms with Gasteiger partial charge in [0, 0.05) is 25.5 Å². The molecule has 1 aliphatic rings. The molecule has 0 spiro atoms. The highest BCUT2D eigenvalue weighted by molar-refractivity contribution is 5.85. The maximum atomic E-state index is 5.41. The second kappa shape index (κ2) is 5.21. The first kappa shape index (κ1) is 10.5. The Morgan fingerprint density at radius 1 is 1.54 bits per heavy atom. The van der Waals surface area contributed by atoms with Gasteiger partial charge < -0.3 is 10.1 Å². The Hall–Kier alpha value is -0.580. The molecule has 2 rings (SSSR count). The molecular formula is C8H14ClN3O. The van der Waals surface area contributed by atoms with Crippen molar-refractivity contribution in [1.29, 1.82) is 0 Å². The van der Waals surface area contributed by atoms with Crippen LogP contribution in [0.25, 0.3) is 0 Å². The van der Waals surface area contributed by atoms with Crippen LogP contribution in [-0.4, -0.2) is 36.1 Å². The summed E-state index contributed by atoms with van der Waals surface area (Å²) in [6.07, 6.45) is 3.77. The van der Waals surface area contributed by atoms with Gasteiger partial charge in [-0.1, -0.05) is 0 Å². The number of ether oxygens (including phenoxy) is 1. The first-order valence-electron chi connectivity index (χ1n) is 4.24. The molecule has 5 heteroatoms. The van der Waals surface area contributed by atoms with Crippen LogP contribution in [0.4, 0.5) is 0 Å². The molecule has 1 fully saturated rings. The van der Waals surface area contributed by atoms with Crippen LogP contribution in [0.3, 0.4) is 0 Å². The maximum absolute atomic E-state index is 5.41. The van der Waals surface area contributed by atoms with E-state index < -0.39 is 0 Å². The van der Waals surface area contributed by atoms with Crippen molar-refractivity contribution >= 4 is 12.4 Å². The monoisotopic (exact) mass is 203 g/mol. The summed E-state index contributed by atoms with van der Waals surface area (Å²) in [6, 6.07) is 2.28. The molecule has 1 saturated heterocycles. The van der Waals surface area contributed by atoms with Crippen LogP contribution in [0.1, 0.15) is 6.04 Å². The summed E-state index contributed by atoms with van der Waals surface area (Å²) < 4.78 is 7.35. The third-order valence-electron chi connectivity index (χ3n) is 2.01. The number of hydrogen-bond donors (Lipinski definition) is 1. The number of rotatable bonds is 1. The van der Waals surface area contributed by atoms with Crippen molar-refractivity contribution in [1.82, 2.24) is 15.1 Å². The van der Waals surface area contributed by atoms with E-state index in [-0.39, 0.29) is 12.4 Å². The molecular weight excluding hydrogens is 190 g/mol. The Bertz CT molecular complexity index is 219. The fourth-order valence-corrected chi connectivity index (χ4v) is 1.36. The van der Waals surface area contributed by atoms with Crippen LogP contribution in [0.15, 0.2) is 18.5 Å². The highest BCUT2D eigenvalue weighted by Gasteiger charge is 2.13. The normalized spacial score (nSPS) is 23.2. The van der Waals surface area contributed by atoms with Crippen LogP contribution < -0.4 is 5.32 Å². The molecule has 2 heterocycles. The summed E-state index contributed by atoms with van der Waals surface area (Å²) in [6.45, 7) is 3.45. The number of nitrogens with one attached hydrogen (secondary N) is 1. The minimum absolute atomic E-state index is 0. The molecule has 0 radical (unpaired) electrons. The predicted molar refractivity (Wildman–Crippen MR) is 52.2 cm³/mol. The molecule has 1 aliphatic heterocycles. The van der Waals surface area contributed by atoms with Crippen LogP contribution in [-0.2, 0) is 4.74 Å². The van der Waals surface area contributed by atoms with Crippen molar-refractivity contribution in [3.05, 3.63) is 18.5 Å². The molecule has 0 bridgehead atoms. The zero-order valence-electron chi connectivity index (χ0n) is 7.35. The smallest absolute Gasteiger partial charge is 0.0876 e. The van der Waals surface area contributed by atoms with Gasteiger partial charge in [0.25, 0.3) is 0 Å². The molecule has 0 saturated carbocycles. The summed E-state index contributed by atoms with van der Waals surface area (Å²) in [5.74, 6) is 0. The summed E-state index contributed by atoms with van der Waals surface area (Å²) >= 11 is 0. The molecule has 1 aromatic rings. The summed E-state index contributed by atoms with van der Waals surface area (Å²) in [4.78, 5) is 0. The molecule has 0 amide bonds. The van der Waals surface area contributed by atoms with Crippen molar-refractivity contribution in [3.8, 4) is 0 Å². The molecule has 4 nitrogen and oxygen atoms in total. The van der Waals surface area contributed by atoms with Gasteiger partial charge in [-0.3, -0.25) is 4.68 Å². The molecule has 0 aromatic carbocycles. The van der Waals surface area contributed by atoms with Crippen molar-refractivity contribution in [2.45, 2.75) is 6.04 Å². The van der Waals surface area contributed by atoms with E-state index in [1.165, 1.54) is 0 Å². The molecule has 74 valence electrons. The van der Waals surface area contributed by atoms with Gasteiger partial charge in [0.1, 0.15) is 0 Å². The van der Waals surface area contributed by atoms with Gasteiger partial charge in [-0.15, -0.1) is 12.4 Å². The first-order chi connectivity index (χ1) is 5.97. The topological polar surface area (TPSA) is 39.1 Å². The largest absolute Gasteiger partial charge is 0.378 e. The fraction of sp³-hybridized carbons (Fsp3) is 0.625. The third-order valence-corrected chi connectivity index (χ3v) is 2.01. The number of nitrogens with zero attached hydrogens (tertiary/aromatic N) is 2. The van der Waals surface area contributed by atoms with E-state index in [0.29, 0.717) is 6.04 Å². The van der Waals surface area contributed by atoms with E-state index in [9.17, 15) is 0 Å². The van der Waals surface area contributed by atoms with E-state index in [2.05, 4.69) is 10.4 Å². The minimum Gasteiger partial charge on any atom is -0.378 e. The fourth-order valence-electron chi connectivity index (χ4n) is 1.36. The van der Waals surface area contributed by atoms with Gasteiger partial charge in [0.15, 0.2) is 0 Å². The van der Waals surface area contributed by atoms with Crippen molar-refractivity contribution < 1.29 is 4.74 Å². The Balaban J connectivity index is 0.000000845. The molecule has 1 N–H and O–H groups in total. The van der Waals surface area contributed by atoms with Gasteiger partial charge in [-0.2, -0.15) is 5.10 Å². The Labute approximate surface area is 83.7 Å². The molecule has 1 unspecified atom stereocenters. The SMILES string of the molecule is Cl.c1cnn(C2CNCCOC2)c1. The van der Waals surface area contributed by atoms with Crippen LogP contribution in [0, 0.1) is 0 Å². The lowest BCUT2D eigenvalue weighted by atomic mass is 10.3. The van der Waals surface area contributed by atoms with E-state index in [1.54, 1.807) is 6.20 Å². The second-order valence-electron chi connectivity index (χ2n) is 2.92. The lowest BCUT2D eigenvalue weighted by Gasteiger charge is -2.13. The van der Waals surface area contributed by atoms with Crippen molar-refractivity contribution in [2.75, 3.05) is 26.3 Å². The highest BCUT2D eigenvalue weighted by atomic mass is 35.5. The summed E-state index contributed by atoms with van der Waals surface area (Å²) in [7, 11) is 0. The number of hydrogen-bond acceptors (Lipinski definition) is 3. The molecule has 1 atom stereocenters. The lowest BCUT2D eigenvalue weighted by molar-refractivity contribution is 0.122. The van der Waals surface area contributed by atoms with Crippen LogP contribution >= 0.6 is 12.4 Å². The number of halogens is 1. The summed E-state index contributed by atoms with van der Waals surface area (Å²) in [5, 5.41) is 7.48. The van der Waals surface area contributed by atoms with Crippen molar-refractivity contribution in [3.63, 3.8) is 0 Å². The quantitative estimate of drug-likeness (QED) is 0.721. The summed E-state index contributed by atoms with van der Waals surface area (Å²) in [5.41, 5.74) is 0. The average Bonchev–Trinajstić information content (AvgIpc) is 2.48. The van der Waals surface area contributed by atoms with Crippen LogP contribution in [0.2, 0.25) is 0 Å². The van der Waals surface area contributed by atoms with E-state index in [1.807, 2.05) is 16.9 Å². The first-order valence-corrected chi connectivity index (χ1v) is 4.24. The standard InChI is InChI=1S/C8H13N3O.ClH/c1-2-10-11(4-1)8-6-9-3-5-12-7-8;/h1-2,4,8-9H,3,5-7H2;1H. The zero-order valence-corrected chi connectivity index (χ0v) is 8.17. The maximum Gasteiger partial charge on any atom is 0.0876 e. The van der Waals surface area contributed by atoms with Crippen LogP contribution in [0.5, 0.6) is 0 Å². The number of aromatic nitrogens is 2. The zero-order chi connectivity index (χ0) is 8.23. The second-order valence-corrected chi connectivity index (χ2v) is 2.92. The highest BCUT2D eigenvalue weighted by Crippen LogP contribution is 2.05. The Morgan fingerprint density at radius 2 is 2.46 bits per heavy atom. The lowest BCUT2D eigenvalue weighted by Crippen LogP contribution is -2.25. The molecule has 0 aliphatic carbocycles. The van der Waals surface area contributed by atoms with Gasteiger partial charge in [-0.25, -0.2) is 0 Å². The molecule has 13 heavy (non-hydrogen) atoms. The minimum atomic E-state index is 0. The molecule has 1 aromatic heterocycles. The van der Waals surface area contributed by atoms with Gasteiger partial charge in [-0.05, 0) is 6.07 Å². The third kappa shape index (κ3) is 2.69. The van der Waals surface area contributed by atoms with Crippen molar-refractivity contribution in [2.24, 2.45) is 0 Å². The average molecular weight is 204 g/mol.